The van der Waals surface area contributed by atoms with E-state index in [9.17, 15) is 9.59 Å². The van der Waals surface area contributed by atoms with E-state index in [-0.39, 0.29) is 19.1 Å². The number of ether oxygens (including phenoxy) is 4. The van der Waals surface area contributed by atoms with Crippen molar-refractivity contribution in [3.05, 3.63) is 0 Å². The summed E-state index contributed by atoms with van der Waals surface area (Å²) >= 11 is 0. The highest BCUT2D eigenvalue weighted by atomic mass is 16.5. The lowest BCUT2D eigenvalue weighted by atomic mass is 10.5. The second kappa shape index (κ2) is 15.1. The van der Waals surface area contributed by atoms with Gasteiger partial charge in [0.15, 0.2) is 0 Å². The first-order valence-corrected chi connectivity index (χ1v) is 6.73. The minimum atomic E-state index is -0.612. The van der Waals surface area contributed by atoms with E-state index in [2.05, 4.69) is 5.32 Å². The average molecular weight is 307 g/mol. The van der Waals surface area contributed by atoms with Gasteiger partial charge >= 0.3 is 0 Å². The predicted octanol–water partition coefficient (Wildman–Crippen LogP) is -2.39. The summed E-state index contributed by atoms with van der Waals surface area (Å²) in [5.41, 5.74) is 10.1. The smallest absolute Gasteiger partial charge is 0.246 e. The van der Waals surface area contributed by atoms with E-state index < -0.39 is 5.91 Å². The van der Waals surface area contributed by atoms with Crippen LogP contribution in [0.15, 0.2) is 0 Å². The molecule has 0 spiro atoms. The predicted molar refractivity (Wildman–Crippen MR) is 74.5 cm³/mol. The standard InChI is InChI=1S/C12H25N3O6/c13-1-3-18-5-7-20-8-6-19-4-2-15-12(17)10-21-9-11(14)16/h1-10,13H2,(H2,14,16)(H,15,17). The number of hydrogen-bond donors (Lipinski definition) is 3. The first-order valence-electron chi connectivity index (χ1n) is 6.73. The zero-order chi connectivity index (χ0) is 15.8. The molecule has 5 N–H and O–H groups in total. The molecule has 0 aliphatic carbocycles. The molecule has 0 atom stereocenters. The van der Waals surface area contributed by atoms with Crippen molar-refractivity contribution in [1.29, 1.82) is 0 Å². The number of carbonyl (C=O) groups excluding carboxylic acids is 2. The van der Waals surface area contributed by atoms with Crippen molar-refractivity contribution in [3.8, 4) is 0 Å². The Bertz CT molecular complexity index is 278. The third kappa shape index (κ3) is 16.7. The van der Waals surface area contributed by atoms with Gasteiger partial charge in [-0.05, 0) is 0 Å². The Kier molecular flexibility index (Phi) is 14.2. The lowest BCUT2D eigenvalue weighted by molar-refractivity contribution is -0.129. The van der Waals surface area contributed by atoms with Gasteiger partial charge in [-0.2, -0.15) is 0 Å². The van der Waals surface area contributed by atoms with E-state index in [0.29, 0.717) is 52.7 Å². The Morgan fingerprint density at radius 1 is 0.810 bits per heavy atom. The second-order valence-corrected chi connectivity index (χ2v) is 3.93. The van der Waals surface area contributed by atoms with Crippen LogP contribution in [0.2, 0.25) is 0 Å². The highest BCUT2D eigenvalue weighted by Crippen LogP contribution is 1.81. The van der Waals surface area contributed by atoms with Gasteiger partial charge in [0.2, 0.25) is 11.8 Å². The van der Waals surface area contributed by atoms with E-state index in [4.69, 9.17) is 30.4 Å². The fraction of sp³-hybridized carbons (Fsp3) is 0.833. The van der Waals surface area contributed by atoms with Crippen LogP contribution >= 0.6 is 0 Å². The highest BCUT2D eigenvalue weighted by molar-refractivity contribution is 5.78. The molecule has 0 radical (unpaired) electrons. The van der Waals surface area contributed by atoms with Gasteiger partial charge in [0, 0.05) is 13.1 Å². The fourth-order valence-electron chi connectivity index (χ4n) is 1.18. The van der Waals surface area contributed by atoms with Gasteiger partial charge in [0.1, 0.15) is 13.2 Å². The molecule has 124 valence electrons. The topological polar surface area (TPSA) is 135 Å². The first kappa shape index (κ1) is 19.7. The van der Waals surface area contributed by atoms with E-state index in [1.54, 1.807) is 0 Å². The van der Waals surface area contributed by atoms with Gasteiger partial charge in [0.25, 0.3) is 0 Å². The van der Waals surface area contributed by atoms with Crippen LogP contribution in [0, 0.1) is 0 Å². The maximum atomic E-state index is 11.2. The average Bonchev–Trinajstić information content (AvgIpc) is 2.44. The first-order chi connectivity index (χ1) is 10.2. The van der Waals surface area contributed by atoms with Crippen molar-refractivity contribution in [1.82, 2.24) is 5.32 Å². The van der Waals surface area contributed by atoms with Gasteiger partial charge in [-0.1, -0.05) is 0 Å². The van der Waals surface area contributed by atoms with Gasteiger partial charge in [-0.15, -0.1) is 0 Å². The van der Waals surface area contributed by atoms with Crippen LogP contribution in [0.1, 0.15) is 0 Å². The quantitative estimate of drug-likeness (QED) is 0.287. The molecule has 0 heterocycles. The molecule has 9 heteroatoms. The maximum Gasteiger partial charge on any atom is 0.246 e. The Labute approximate surface area is 124 Å². The van der Waals surface area contributed by atoms with Crippen LogP contribution in [0.3, 0.4) is 0 Å². The molecule has 0 unspecified atom stereocenters. The van der Waals surface area contributed by atoms with Gasteiger partial charge in [-0.25, -0.2) is 0 Å². The minimum Gasteiger partial charge on any atom is -0.378 e. The summed E-state index contributed by atoms with van der Waals surface area (Å²) in [5.74, 6) is -0.937. The minimum absolute atomic E-state index is 0.200. The lowest BCUT2D eigenvalue weighted by Gasteiger charge is -2.07. The summed E-state index contributed by atoms with van der Waals surface area (Å²) in [5, 5.41) is 2.57. The molecular formula is C12H25N3O6. The van der Waals surface area contributed by atoms with Crippen LogP contribution in [0.5, 0.6) is 0 Å². The molecule has 0 bridgehead atoms. The highest BCUT2D eigenvalue weighted by Gasteiger charge is 2.01. The number of rotatable bonds is 15. The van der Waals surface area contributed by atoms with Crippen LogP contribution < -0.4 is 16.8 Å². The molecule has 0 aromatic rings. The van der Waals surface area contributed by atoms with Gasteiger partial charge in [-0.3, -0.25) is 9.59 Å². The van der Waals surface area contributed by atoms with E-state index in [0.717, 1.165) is 0 Å². The van der Waals surface area contributed by atoms with Crippen LogP contribution in [0.25, 0.3) is 0 Å². The van der Waals surface area contributed by atoms with Gasteiger partial charge in [0.05, 0.1) is 39.6 Å². The Balaban J connectivity index is 3.14. The summed E-state index contributed by atoms with van der Waals surface area (Å²) in [6.07, 6.45) is 0. The molecular weight excluding hydrogens is 282 g/mol. The molecule has 0 aliphatic heterocycles. The summed E-state index contributed by atoms with van der Waals surface area (Å²) in [4.78, 5) is 21.6. The number of hydrogen-bond acceptors (Lipinski definition) is 7. The summed E-state index contributed by atoms with van der Waals surface area (Å²) in [7, 11) is 0. The van der Waals surface area contributed by atoms with Gasteiger partial charge < -0.3 is 35.7 Å². The van der Waals surface area contributed by atoms with Crippen molar-refractivity contribution < 1.29 is 28.5 Å². The fourth-order valence-corrected chi connectivity index (χ4v) is 1.18. The molecule has 0 aliphatic rings. The Morgan fingerprint density at radius 2 is 1.38 bits per heavy atom. The Hall–Kier alpha value is -1.26. The summed E-state index contributed by atoms with van der Waals surface area (Å²) in [6.45, 7) is 3.20. The molecule has 0 saturated heterocycles. The van der Waals surface area contributed by atoms with Crippen molar-refractivity contribution >= 4 is 11.8 Å². The molecule has 0 saturated carbocycles. The van der Waals surface area contributed by atoms with Crippen molar-refractivity contribution in [3.63, 3.8) is 0 Å². The van der Waals surface area contributed by atoms with E-state index in [1.807, 2.05) is 0 Å². The number of nitrogens with one attached hydrogen (secondary N) is 1. The van der Waals surface area contributed by atoms with Crippen LogP contribution in [0.4, 0.5) is 0 Å². The zero-order valence-corrected chi connectivity index (χ0v) is 12.2. The molecule has 2 amide bonds. The molecule has 9 nitrogen and oxygen atoms in total. The van der Waals surface area contributed by atoms with E-state index >= 15 is 0 Å². The summed E-state index contributed by atoms with van der Waals surface area (Å²) in [6, 6.07) is 0. The number of amides is 2. The van der Waals surface area contributed by atoms with Crippen molar-refractivity contribution in [2.75, 3.05) is 65.9 Å². The monoisotopic (exact) mass is 307 g/mol. The molecule has 0 fully saturated rings. The third-order valence-corrected chi connectivity index (χ3v) is 2.05. The van der Waals surface area contributed by atoms with Crippen molar-refractivity contribution in [2.45, 2.75) is 0 Å². The zero-order valence-electron chi connectivity index (χ0n) is 12.2. The molecule has 0 rings (SSSR count). The number of carbonyl (C=O) groups is 2. The van der Waals surface area contributed by atoms with Crippen LogP contribution in [-0.4, -0.2) is 77.8 Å². The third-order valence-electron chi connectivity index (χ3n) is 2.05. The van der Waals surface area contributed by atoms with Crippen LogP contribution in [-0.2, 0) is 28.5 Å². The normalized spacial score (nSPS) is 10.5. The molecule has 21 heavy (non-hydrogen) atoms. The lowest BCUT2D eigenvalue weighted by Crippen LogP contribution is -2.32. The molecule has 0 aromatic heterocycles. The molecule has 0 aromatic carbocycles. The largest absolute Gasteiger partial charge is 0.378 e. The van der Waals surface area contributed by atoms with Crippen molar-refractivity contribution in [2.24, 2.45) is 11.5 Å². The number of primary amides is 1. The SMILES string of the molecule is NCCOCCOCCOCCNC(=O)COCC(N)=O. The second-order valence-electron chi connectivity index (χ2n) is 3.93. The maximum absolute atomic E-state index is 11.2. The Morgan fingerprint density at radius 3 is 1.95 bits per heavy atom. The van der Waals surface area contributed by atoms with E-state index in [1.165, 1.54) is 0 Å². The summed E-state index contributed by atoms with van der Waals surface area (Å²) < 4.78 is 20.3. The number of nitrogens with two attached hydrogens (primary N) is 2.